The van der Waals surface area contributed by atoms with E-state index in [4.69, 9.17) is 20.4 Å². The quantitative estimate of drug-likeness (QED) is 0.309. The lowest BCUT2D eigenvalue weighted by Crippen LogP contribution is -2.54. The van der Waals surface area contributed by atoms with Gasteiger partial charge >= 0.3 is 23.9 Å². The Kier molecular flexibility index (Phi) is 4.20. The summed E-state index contributed by atoms with van der Waals surface area (Å²) in [6.07, 6.45) is 0. The number of aliphatic carboxylic acids is 4. The van der Waals surface area contributed by atoms with Crippen LogP contribution in [0.2, 0.25) is 0 Å². The number of rotatable bonds is 6. The van der Waals surface area contributed by atoms with Gasteiger partial charge in [-0.25, -0.2) is 19.2 Å². The van der Waals surface area contributed by atoms with E-state index in [1.54, 1.807) is 0 Å². The first-order chi connectivity index (χ1) is 6.77. The van der Waals surface area contributed by atoms with Gasteiger partial charge in [-0.1, -0.05) is 0 Å². The van der Waals surface area contributed by atoms with Crippen molar-refractivity contribution in [3.05, 3.63) is 0 Å². The molecule has 0 aromatic rings. The van der Waals surface area contributed by atoms with Gasteiger partial charge in [0.15, 0.2) is 0 Å². The molecular weight excluding hydrogens is 214 g/mol. The molecule has 0 aliphatic heterocycles. The van der Waals surface area contributed by atoms with Gasteiger partial charge in [0.1, 0.15) is 0 Å². The number of carbonyl (C=O) groups is 4. The van der Waals surface area contributed by atoms with Crippen LogP contribution in [0, 0.1) is 0 Å². The van der Waals surface area contributed by atoms with Crippen LogP contribution >= 0.6 is 0 Å². The summed E-state index contributed by atoms with van der Waals surface area (Å²) in [5, 5.41) is 34.8. The third kappa shape index (κ3) is 3.60. The smallest absolute Gasteiger partial charge is 0.332 e. The van der Waals surface area contributed by atoms with E-state index < -0.39 is 36.0 Å². The second-order valence-corrected chi connectivity index (χ2v) is 2.39. The third-order valence-corrected chi connectivity index (χ3v) is 1.32. The minimum atomic E-state index is -2.29. The van der Waals surface area contributed by atoms with Crippen molar-refractivity contribution < 1.29 is 39.6 Å². The molecule has 0 aliphatic rings. The Hall–Kier alpha value is -2.16. The molecule has 0 radical (unpaired) electrons. The summed E-state index contributed by atoms with van der Waals surface area (Å²) in [5.41, 5.74) is 0. The molecule has 5 N–H and O–H groups in total. The molecule has 84 valence electrons. The topological polar surface area (TPSA) is 161 Å². The predicted octanol–water partition coefficient (Wildman–Crippen LogP) is -2.35. The molecular formula is C6H7NO8. The highest BCUT2D eigenvalue weighted by molar-refractivity contribution is 6.02. The van der Waals surface area contributed by atoms with Crippen molar-refractivity contribution in [3.8, 4) is 0 Å². The number of hydrogen-bond donors (Lipinski definition) is 5. The second-order valence-electron chi connectivity index (χ2n) is 2.39. The van der Waals surface area contributed by atoms with Crippen molar-refractivity contribution in [1.82, 2.24) is 5.32 Å². The maximum Gasteiger partial charge on any atom is 0.332 e. The highest BCUT2D eigenvalue weighted by Crippen LogP contribution is 1.91. The van der Waals surface area contributed by atoms with E-state index in [9.17, 15) is 19.2 Å². The summed E-state index contributed by atoms with van der Waals surface area (Å²) in [4.78, 5) is 41.2. The highest BCUT2D eigenvalue weighted by atomic mass is 16.4. The maximum absolute atomic E-state index is 10.3. The molecule has 0 aromatic heterocycles. The lowest BCUT2D eigenvalue weighted by atomic mass is 10.2. The molecule has 9 nitrogen and oxygen atoms in total. The Morgan fingerprint density at radius 1 is 0.667 bits per heavy atom. The molecule has 0 aliphatic carbocycles. The van der Waals surface area contributed by atoms with Crippen LogP contribution in [0.1, 0.15) is 0 Å². The van der Waals surface area contributed by atoms with Gasteiger partial charge in [0, 0.05) is 0 Å². The molecule has 0 amide bonds. The molecule has 0 bridgehead atoms. The average Bonchev–Trinajstić information content (AvgIpc) is 2.01. The molecule has 0 saturated carbocycles. The van der Waals surface area contributed by atoms with Crippen molar-refractivity contribution in [2.45, 2.75) is 12.1 Å². The molecule has 15 heavy (non-hydrogen) atoms. The largest absolute Gasteiger partial charge is 0.480 e. The Bertz CT molecular complexity index is 252. The SMILES string of the molecule is O=C(O)C(NC(C(=O)O)C(=O)O)C(=O)O. The summed E-state index contributed by atoms with van der Waals surface area (Å²) in [5.74, 6) is -7.52. The zero-order chi connectivity index (χ0) is 12.2. The number of hydrogen-bond acceptors (Lipinski definition) is 5. The highest BCUT2D eigenvalue weighted by Gasteiger charge is 2.35. The summed E-state index contributed by atoms with van der Waals surface area (Å²) in [6, 6.07) is -4.58. The second kappa shape index (κ2) is 4.91. The average molecular weight is 221 g/mol. The van der Waals surface area contributed by atoms with E-state index in [0.717, 1.165) is 0 Å². The Labute approximate surface area is 81.9 Å². The first-order valence-electron chi connectivity index (χ1n) is 3.44. The first-order valence-corrected chi connectivity index (χ1v) is 3.44. The Balaban J connectivity index is 4.77. The normalized spacial score (nSPS) is 10.3. The van der Waals surface area contributed by atoms with Crippen molar-refractivity contribution in [3.63, 3.8) is 0 Å². The standard InChI is InChI=1S/C6H7NO8/c8-3(9)1(4(10)11)7-2(5(12)13)6(14)15/h1-2,7H,(H,8,9)(H,10,11)(H,12,13)(H,14,15). The van der Waals surface area contributed by atoms with Gasteiger partial charge < -0.3 is 20.4 Å². The van der Waals surface area contributed by atoms with Gasteiger partial charge in [0.2, 0.25) is 12.1 Å². The van der Waals surface area contributed by atoms with Gasteiger partial charge in [0.05, 0.1) is 0 Å². The molecule has 0 rings (SSSR count). The fraction of sp³-hybridized carbons (Fsp3) is 0.333. The van der Waals surface area contributed by atoms with Crippen molar-refractivity contribution in [2.24, 2.45) is 0 Å². The molecule has 9 heteroatoms. The summed E-state index contributed by atoms with van der Waals surface area (Å²) in [6.45, 7) is 0. The summed E-state index contributed by atoms with van der Waals surface area (Å²) >= 11 is 0. The van der Waals surface area contributed by atoms with Crippen LogP contribution < -0.4 is 5.32 Å². The molecule has 0 saturated heterocycles. The van der Waals surface area contributed by atoms with Crippen LogP contribution in [0.5, 0.6) is 0 Å². The molecule has 0 heterocycles. The third-order valence-electron chi connectivity index (χ3n) is 1.32. The van der Waals surface area contributed by atoms with Crippen LogP contribution in [0.25, 0.3) is 0 Å². The molecule has 0 fully saturated rings. The number of carboxylic acid groups (broad SMARTS) is 4. The van der Waals surface area contributed by atoms with Crippen LogP contribution in [0.15, 0.2) is 0 Å². The number of nitrogens with one attached hydrogen (secondary N) is 1. The first kappa shape index (κ1) is 12.8. The van der Waals surface area contributed by atoms with Gasteiger partial charge in [-0.2, -0.15) is 0 Å². The minimum absolute atomic E-state index is 1.45. The van der Waals surface area contributed by atoms with E-state index in [1.807, 2.05) is 0 Å². The van der Waals surface area contributed by atoms with Crippen LogP contribution in [-0.2, 0) is 19.2 Å². The van der Waals surface area contributed by atoms with E-state index in [0.29, 0.717) is 0 Å². The van der Waals surface area contributed by atoms with Crippen LogP contribution in [-0.4, -0.2) is 56.4 Å². The van der Waals surface area contributed by atoms with E-state index >= 15 is 0 Å². The Morgan fingerprint density at radius 2 is 0.867 bits per heavy atom. The molecule has 0 atom stereocenters. The van der Waals surface area contributed by atoms with Crippen molar-refractivity contribution in [2.75, 3.05) is 0 Å². The van der Waals surface area contributed by atoms with Crippen LogP contribution in [0.4, 0.5) is 0 Å². The number of carboxylic acids is 4. The van der Waals surface area contributed by atoms with Crippen LogP contribution in [0.3, 0.4) is 0 Å². The molecule has 0 spiro atoms. The lowest BCUT2D eigenvalue weighted by molar-refractivity contribution is -0.155. The zero-order valence-electron chi connectivity index (χ0n) is 7.08. The van der Waals surface area contributed by atoms with Crippen molar-refractivity contribution in [1.29, 1.82) is 0 Å². The molecule has 0 aromatic carbocycles. The fourth-order valence-electron chi connectivity index (χ4n) is 0.663. The predicted molar refractivity (Wildman–Crippen MR) is 41.3 cm³/mol. The maximum atomic E-state index is 10.3. The van der Waals surface area contributed by atoms with Gasteiger partial charge in [-0.3, -0.25) is 5.32 Å². The summed E-state index contributed by atoms with van der Waals surface area (Å²) in [7, 11) is 0. The van der Waals surface area contributed by atoms with Gasteiger partial charge in [-0.05, 0) is 0 Å². The van der Waals surface area contributed by atoms with Crippen molar-refractivity contribution >= 4 is 23.9 Å². The zero-order valence-corrected chi connectivity index (χ0v) is 7.08. The van der Waals surface area contributed by atoms with Gasteiger partial charge in [-0.15, -0.1) is 0 Å². The minimum Gasteiger partial charge on any atom is -0.480 e. The van der Waals surface area contributed by atoms with Gasteiger partial charge in [0.25, 0.3) is 0 Å². The van der Waals surface area contributed by atoms with E-state index in [-0.39, 0.29) is 0 Å². The lowest BCUT2D eigenvalue weighted by Gasteiger charge is -2.13. The Morgan fingerprint density at radius 3 is 1.00 bits per heavy atom. The molecule has 0 unspecified atom stereocenters. The van der Waals surface area contributed by atoms with E-state index in [2.05, 4.69) is 0 Å². The fourth-order valence-corrected chi connectivity index (χ4v) is 0.663. The monoisotopic (exact) mass is 221 g/mol. The van der Waals surface area contributed by atoms with E-state index in [1.165, 1.54) is 5.32 Å². The summed E-state index contributed by atoms with van der Waals surface area (Å²) < 4.78 is 0.